The predicted molar refractivity (Wildman–Crippen MR) is 114 cm³/mol. The summed E-state index contributed by atoms with van der Waals surface area (Å²) in [5, 5.41) is 12.1. The molecule has 3 rings (SSSR count). The van der Waals surface area contributed by atoms with Crippen molar-refractivity contribution < 1.29 is 22.7 Å². The maximum atomic E-state index is 14.4. The SMILES string of the molecule is Cc1cc2c(cc1F)C(NCCCCCCC(=O)O)c1ccccc1N(C)S2(=O)=O. The largest absolute Gasteiger partial charge is 0.481 e. The lowest BCUT2D eigenvalue weighted by atomic mass is 9.95. The van der Waals surface area contributed by atoms with Crippen molar-refractivity contribution in [3.8, 4) is 0 Å². The van der Waals surface area contributed by atoms with Gasteiger partial charge >= 0.3 is 5.97 Å². The maximum absolute atomic E-state index is 14.4. The zero-order chi connectivity index (χ0) is 21.9. The Morgan fingerprint density at radius 3 is 2.57 bits per heavy atom. The molecular formula is C22H27FN2O4S. The van der Waals surface area contributed by atoms with Crippen LogP contribution in [0.15, 0.2) is 41.3 Å². The lowest BCUT2D eigenvalue weighted by Crippen LogP contribution is -2.26. The number of carboxylic acids is 1. The normalized spacial score (nSPS) is 17.2. The summed E-state index contributed by atoms with van der Waals surface area (Å²) in [6.07, 6.45) is 3.29. The summed E-state index contributed by atoms with van der Waals surface area (Å²) < 4.78 is 42.2. The van der Waals surface area contributed by atoms with Crippen molar-refractivity contribution in [3.05, 3.63) is 58.9 Å². The van der Waals surface area contributed by atoms with Gasteiger partial charge < -0.3 is 10.4 Å². The summed E-state index contributed by atoms with van der Waals surface area (Å²) in [4.78, 5) is 10.7. The van der Waals surface area contributed by atoms with E-state index in [0.29, 0.717) is 24.2 Å². The number of para-hydroxylation sites is 1. The summed E-state index contributed by atoms with van der Waals surface area (Å²) in [6.45, 7) is 2.16. The molecule has 1 atom stereocenters. The molecule has 0 saturated heterocycles. The van der Waals surface area contributed by atoms with Gasteiger partial charge in [-0.2, -0.15) is 0 Å². The van der Waals surface area contributed by atoms with Crippen molar-refractivity contribution in [3.63, 3.8) is 0 Å². The Morgan fingerprint density at radius 1 is 1.13 bits per heavy atom. The van der Waals surface area contributed by atoms with Crippen molar-refractivity contribution in [2.45, 2.75) is 50.0 Å². The van der Waals surface area contributed by atoms with Gasteiger partial charge in [0.25, 0.3) is 10.0 Å². The van der Waals surface area contributed by atoms with Crippen molar-refractivity contribution in [2.75, 3.05) is 17.9 Å². The molecule has 0 aromatic heterocycles. The molecule has 6 nitrogen and oxygen atoms in total. The maximum Gasteiger partial charge on any atom is 0.303 e. The molecule has 0 radical (unpaired) electrons. The third-order valence-corrected chi connectivity index (χ3v) is 7.32. The zero-order valence-electron chi connectivity index (χ0n) is 17.2. The van der Waals surface area contributed by atoms with Gasteiger partial charge in [0.15, 0.2) is 0 Å². The van der Waals surface area contributed by atoms with Crippen LogP contribution in [-0.4, -0.2) is 33.1 Å². The van der Waals surface area contributed by atoms with E-state index < -0.39 is 27.9 Å². The summed E-state index contributed by atoms with van der Waals surface area (Å²) in [5.74, 6) is -1.23. The number of nitrogens with one attached hydrogen (secondary N) is 1. The van der Waals surface area contributed by atoms with E-state index in [4.69, 9.17) is 5.11 Å². The van der Waals surface area contributed by atoms with Crippen LogP contribution in [0.5, 0.6) is 0 Å². The first-order chi connectivity index (χ1) is 14.2. The van der Waals surface area contributed by atoms with Crippen LogP contribution in [0.4, 0.5) is 10.1 Å². The Morgan fingerprint density at radius 2 is 1.83 bits per heavy atom. The van der Waals surface area contributed by atoms with Gasteiger partial charge in [0.2, 0.25) is 0 Å². The molecule has 0 fully saturated rings. The number of carbonyl (C=O) groups is 1. The van der Waals surface area contributed by atoms with E-state index in [1.54, 1.807) is 19.1 Å². The molecule has 0 aliphatic carbocycles. The van der Waals surface area contributed by atoms with Gasteiger partial charge in [-0.3, -0.25) is 9.10 Å². The molecule has 8 heteroatoms. The molecular weight excluding hydrogens is 407 g/mol. The van der Waals surface area contributed by atoms with E-state index in [1.807, 2.05) is 12.1 Å². The number of aryl methyl sites for hydroxylation is 1. The van der Waals surface area contributed by atoms with Gasteiger partial charge in [-0.15, -0.1) is 0 Å². The van der Waals surface area contributed by atoms with Crippen molar-refractivity contribution in [1.82, 2.24) is 5.32 Å². The van der Waals surface area contributed by atoms with E-state index in [-0.39, 0.29) is 16.9 Å². The number of hydrogen-bond acceptors (Lipinski definition) is 4. The first-order valence-electron chi connectivity index (χ1n) is 10.1. The van der Waals surface area contributed by atoms with Crippen LogP contribution in [0, 0.1) is 12.7 Å². The number of nitrogens with zero attached hydrogens (tertiary/aromatic N) is 1. The monoisotopic (exact) mass is 434 g/mol. The third-order valence-electron chi connectivity index (χ3n) is 5.49. The standard InChI is InChI=1S/C22H27FN2O4S/c1-15-13-20-17(14-18(15)23)22(24-12-8-4-3-5-11-21(26)27)16-9-6-7-10-19(16)25(2)30(20,28)29/h6-7,9-10,13-14,22,24H,3-5,8,11-12H2,1-2H3,(H,26,27). The molecule has 0 bridgehead atoms. The molecule has 2 aromatic carbocycles. The highest BCUT2D eigenvalue weighted by Gasteiger charge is 2.35. The third kappa shape index (κ3) is 4.49. The fourth-order valence-electron chi connectivity index (χ4n) is 3.80. The van der Waals surface area contributed by atoms with Crippen LogP contribution in [0.3, 0.4) is 0 Å². The van der Waals surface area contributed by atoms with Crippen LogP contribution >= 0.6 is 0 Å². The molecule has 1 aliphatic heterocycles. The van der Waals surface area contributed by atoms with Gasteiger partial charge in [0, 0.05) is 13.5 Å². The Labute approximate surface area is 176 Å². The number of unbranched alkanes of at least 4 members (excludes halogenated alkanes) is 3. The Kier molecular flexibility index (Phi) is 6.77. The molecule has 1 aliphatic rings. The molecule has 0 amide bonds. The minimum Gasteiger partial charge on any atom is -0.481 e. The number of hydrogen-bond donors (Lipinski definition) is 2. The number of rotatable bonds is 8. The van der Waals surface area contributed by atoms with E-state index >= 15 is 0 Å². The number of aliphatic carboxylic acids is 1. The quantitative estimate of drug-likeness (QED) is 0.614. The number of anilines is 1. The number of sulfonamides is 1. The molecule has 30 heavy (non-hydrogen) atoms. The van der Waals surface area contributed by atoms with Crippen molar-refractivity contribution in [1.29, 1.82) is 0 Å². The van der Waals surface area contributed by atoms with Crippen molar-refractivity contribution in [2.24, 2.45) is 0 Å². The van der Waals surface area contributed by atoms with Gasteiger partial charge in [0.1, 0.15) is 5.82 Å². The summed E-state index contributed by atoms with van der Waals surface area (Å²) in [5.41, 5.74) is 2.02. The van der Waals surface area contributed by atoms with Crippen LogP contribution in [0.25, 0.3) is 0 Å². The number of carboxylic acid groups (broad SMARTS) is 1. The highest BCUT2D eigenvalue weighted by atomic mass is 32.2. The molecule has 2 N–H and O–H groups in total. The average Bonchev–Trinajstić information content (AvgIpc) is 2.76. The highest BCUT2D eigenvalue weighted by Crippen LogP contribution is 2.40. The zero-order valence-corrected chi connectivity index (χ0v) is 18.0. The average molecular weight is 435 g/mol. The van der Waals surface area contributed by atoms with Crippen LogP contribution in [0.1, 0.15) is 54.8 Å². The van der Waals surface area contributed by atoms with E-state index in [9.17, 15) is 17.6 Å². The van der Waals surface area contributed by atoms with E-state index in [0.717, 1.165) is 24.8 Å². The Hall–Kier alpha value is -2.45. The van der Waals surface area contributed by atoms with Gasteiger partial charge in [-0.25, -0.2) is 12.8 Å². The second-order valence-corrected chi connectivity index (χ2v) is 9.55. The van der Waals surface area contributed by atoms with Crippen LogP contribution in [-0.2, 0) is 14.8 Å². The summed E-state index contributed by atoms with van der Waals surface area (Å²) >= 11 is 0. The smallest absolute Gasteiger partial charge is 0.303 e. The molecule has 0 saturated carbocycles. The second-order valence-electron chi connectivity index (χ2n) is 7.62. The number of halogens is 1. The first-order valence-corrected chi connectivity index (χ1v) is 11.5. The second kappa shape index (κ2) is 9.14. The molecule has 1 heterocycles. The predicted octanol–water partition coefficient (Wildman–Crippen LogP) is 3.99. The topological polar surface area (TPSA) is 86.7 Å². The minimum atomic E-state index is -3.82. The van der Waals surface area contributed by atoms with E-state index in [1.165, 1.54) is 23.5 Å². The molecule has 162 valence electrons. The fraction of sp³-hybridized carbons (Fsp3) is 0.409. The highest BCUT2D eigenvalue weighted by molar-refractivity contribution is 7.92. The van der Waals surface area contributed by atoms with Gasteiger partial charge in [0.05, 0.1) is 16.6 Å². The van der Waals surface area contributed by atoms with Crippen molar-refractivity contribution >= 4 is 21.7 Å². The van der Waals surface area contributed by atoms with Crippen LogP contribution in [0.2, 0.25) is 0 Å². The van der Waals surface area contributed by atoms with E-state index in [2.05, 4.69) is 5.32 Å². The minimum absolute atomic E-state index is 0.110. The van der Waals surface area contributed by atoms with Crippen LogP contribution < -0.4 is 9.62 Å². The summed E-state index contributed by atoms with van der Waals surface area (Å²) in [6, 6.07) is 9.50. The molecule has 0 spiro atoms. The molecule has 2 aromatic rings. The van der Waals surface area contributed by atoms with Gasteiger partial charge in [-0.1, -0.05) is 31.0 Å². The number of fused-ring (bicyclic) bond motifs is 2. The van der Waals surface area contributed by atoms with Gasteiger partial charge in [-0.05, 0) is 61.2 Å². The summed E-state index contributed by atoms with van der Waals surface area (Å²) in [7, 11) is -2.31. The number of benzene rings is 2. The lowest BCUT2D eigenvalue weighted by Gasteiger charge is -2.22. The Bertz CT molecular complexity index is 1040. The Balaban J connectivity index is 1.90. The lowest BCUT2D eigenvalue weighted by molar-refractivity contribution is -0.137. The first kappa shape index (κ1) is 22.2. The molecule has 1 unspecified atom stereocenters. The fourth-order valence-corrected chi connectivity index (χ4v) is 5.32.